The molecule has 1 N–H and O–H groups in total. The first-order valence-corrected chi connectivity index (χ1v) is 6.98. The Bertz CT molecular complexity index is 395. The van der Waals surface area contributed by atoms with Crippen molar-refractivity contribution in [3.05, 3.63) is 29.8 Å². The van der Waals surface area contributed by atoms with E-state index in [1.807, 2.05) is 0 Å². The molecule has 3 rings (SSSR count). The van der Waals surface area contributed by atoms with E-state index in [4.69, 9.17) is 4.74 Å². The molecular formula is C15H22N2O. The molecule has 3 heteroatoms. The zero-order valence-electron chi connectivity index (χ0n) is 11.1. The Morgan fingerprint density at radius 2 is 1.89 bits per heavy atom. The molecule has 0 aliphatic carbocycles. The predicted octanol–water partition coefficient (Wildman–Crippen LogP) is 1.85. The highest BCUT2D eigenvalue weighted by atomic mass is 16.5. The lowest BCUT2D eigenvalue weighted by Crippen LogP contribution is -2.51. The summed E-state index contributed by atoms with van der Waals surface area (Å²) in [4.78, 5) is 2.29. The number of hydrogen-bond donors (Lipinski definition) is 1. The summed E-state index contributed by atoms with van der Waals surface area (Å²) in [6.45, 7) is 4.37. The first-order chi connectivity index (χ1) is 8.83. The Morgan fingerprint density at radius 3 is 2.61 bits per heavy atom. The number of piperidine rings is 1. The van der Waals surface area contributed by atoms with Crippen LogP contribution in [0.5, 0.6) is 5.75 Å². The minimum Gasteiger partial charge on any atom is -0.487 e. The van der Waals surface area contributed by atoms with Crippen LogP contribution in [0.3, 0.4) is 0 Å². The van der Waals surface area contributed by atoms with Crippen molar-refractivity contribution in [2.45, 2.75) is 24.9 Å². The van der Waals surface area contributed by atoms with Crippen molar-refractivity contribution in [3.63, 3.8) is 0 Å². The third-order valence-corrected chi connectivity index (χ3v) is 4.02. The fraction of sp³-hybridized carbons (Fsp3) is 0.600. The van der Waals surface area contributed by atoms with Gasteiger partial charge in [0.25, 0.3) is 0 Å². The van der Waals surface area contributed by atoms with Crippen molar-refractivity contribution < 1.29 is 4.74 Å². The van der Waals surface area contributed by atoms with Gasteiger partial charge in [-0.25, -0.2) is 0 Å². The number of likely N-dealkylation sites (N-methyl/N-ethyl adjacent to an activating group) is 1. The van der Waals surface area contributed by atoms with Gasteiger partial charge in [0.15, 0.2) is 0 Å². The van der Waals surface area contributed by atoms with E-state index in [2.05, 4.69) is 41.5 Å². The second kappa shape index (κ2) is 5.29. The second-order valence-corrected chi connectivity index (χ2v) is 5.52. The molecule has 0 amide bonds. The normalized spacial score (nSPS) is 22.7. The minimum atomic E-state index is 0.387. The number of nitrogens with zero attached hydrogens (tertiary/aromatic N) is 1. The lowest BCUT2D eigenvalue weighted by atomic mass is 9.89. The number of benzene rings is 1. The van der Waals surface area contributed by atoms with E-state index in [0.717, 1.165) is 31.9 Å². The van der Waals surface area contributed by atoms with Gasteiger partial charge in [-0.2, -0.15) is 0 Å². The van der Waals surface area contributed by atoms with E-state index in [1.54, 1.807) is 0 Å². The van der Waals surface area contributed by atoms with Crippen LogP contribution >= 0.6 is 0 Å². The summed E-state index contributed by atoms with van der Waals surface area (Å²) in [5.41, 5.74) is 1.41. The highest BCUT2D eigenvalue weighted by molar-refractivity contribution is 5.37. The van der Waals surface area contributed by atoms with Gasteiger partial charge in [0.1, 0.15) is 11.9 Å². The maximum atomic E-state index is 6.14. The quantitative estimate of drug-likeness (QED) is 0.881. The van der Waals surface area contributed by atoms with Gasteiger partial charge in [0.2, 0.25) is 0 Å². The fourth-order valence-electron chi connectivity index (χ4n) is 2.95. The van der Waals surface area contributed by atoms with Crippen molar-refractivity contribution in [2.75, 3.05) is 33.2 Å². The highest BCUT2D eigenvalue weighted by Gasteiger charge is 2.26. The third-order valence-electron chi connectivity index (χ3n) is 4.02. The number of ether oxygens (including phenoxy) is 1. The van der Waals surface area contributed by atoms with Gasteiger partial charge in [0.05, 0.1) is 0 Å². The number of nitrogens with one attached hydrogen (secondary N) is 1. The average molecular weight is 246 g/mol. The van der Waals surface area contributed by atoms with Gasteiger partial charge >= 0.3 is 0 Å². The molecule has 2 fully saturated rings. The predicted molar refractivity (Wildman–Crippen MR) is 73.2 cm³/mol. The van der Waals surface area contributed by atoms with Crippen molar-refractivity contribution in [3.8, 4) is 5.75 Å². The summed E-state index contributed by atoms with van der Waals surface area (Å²) in [5.74, 6) is 1.78. The molecule has 2 aliphatic heterocycles. The van der Waals surface area contributed by atoms with E-state index in [-0.39, 0.29) is 0 Å². The van der Waals surface area contributed by atoms with Crippen LogP contribution in [0.1, 0.15) is 24.3 Å². The summed E-state index contributed by atoms with van der Waals surface area (Å²) in [6.07, 6.45) is 2.84. The van der Waals surface area contributed by atoms with E-state index >= 15 is 0 Å². The molecule has 0 saturated carbocycles. The van der Waals surface area contributed by atoms with Gasteiger partial charge in [0, 0.05) is 13.1 Å². The lowest BCUT2D eigenvalue weighted by molar-refractivity contribution is 0.0378. The monoisotopic (exact) mass is 246 g/mol. The van der Waals surface area contributed by atoms with Crippen LogP contribution in [0, 0.1) is 0 Å². The van der Waals surface area contributed by atoms with Crippen molar-refractivity contribution in [1.29, 1.82) is 0 Å². The molecule has 0 aromatic heterocycles. The molecule has 2 heterocycles. The molecule has 1 aromatic carbocycles. The molecule has 98 valence electrons. The van der Waals surface area contributed by atoms with Gasteiger partial charge < -0.3 is 10.1 Å². The molecule has 0 radical (unpaired) electrons. The topological polar surface area (TPSA) is 24.5 Å². The van der Waals surface area contributed by atoms with Crippen LogP contribution in [0.4, 0.5) is 0 Å². The fourth-order valence-corrected chi connectivity index (χ4v) is 2.95. The van der Waals surface area contributed by atoms with E-state index < -0.39 is 0 Å². The number of hydrogen-bond acceptors (Lipinski definition) is 3. The Balaban J connectivity index is 1.72. The summed E-state index contributed by atoms with van der Waals surface area (Å²) >= 11 is 0. The molecule has 1 aromatic rings. The van der Waals surface area contributed by atoms with E-state index in [1.165, 1.54) is 18.4 Å². The summed E-state index contributed by atoms with van der Waals surface area (Å²) in [6, 6.07) is 8.60. The first kappa shape index (κ1) is 12.0. The standard InChI is InChI=1S/C15H22N2O/c1-17-10-13(11-17)18-15-5-3-2-4-14(15)12-6-8-16-9-7-12/h2-5,12-13,16H,6-11H2,1H3. The van der Waals surface area contributed by atoms with Crippen molar-refractivity contribution in [1.82, 2.24) is 10.2 Å². The van der Waals surface area contributed by atoms with Crippen LogP contribution in [-0.4, -0.2) is 44.2 Å². The summed E-state index contributed by atoms with van der Waals surface area (Å²) in [5, 5.41) is 3.43. The SMILES string of the molecule is CN1CC(Oc2ccccc2C2CCNCC2)C1. The molecule has 0 bridgehead atoms. The van der Waals surface area contributed by atoms with Crippen LogP contribution in [0.25, 0.3) is 0 Å². The van der Waals surface area contributed by atoms with Crippen molar-refractivity contribution >= 4 is 0 Å². The highest BCUT2D eigenvalue weighted by Crippen LogP contribution is 2.33. The van der Waals surface area contributed by atoms with Crippen LogP contribution < -0.4 is 10.1 Å². The molecule has 0 unspecified atom stereocenters. The van der Waals surface area contributed by atoms with Crippen molar-refractivity contribution in [2.24, 2.45) is 0 Å². The number of para-hydroxylation sites is 1. The zero-order chi connectivity index (χ0) is 12.4. The van der Waals surface area contributed by atoms with Crippen LogP contribution in [0.15, 0.2) is 24.3 Å². The average Bonchev–Trinajstić information content (AvgIpc) is 2.39. The van der Waals surface area contributed by atoms with Gasteiger partial charge in [-0.3, -0.25) is 4.90 Å². The minimum absolute atomic E-state index is 0.387. The Kier molecular flexibility index (Phi) is 3.52. The zero-order valence-corrected chi connectivity index (χ0v) is 11.1. The Hall–Kier alpha value is -1.06. The molecule has 0 atom stereocenters. The van der Waals surface area contributed by atoms with Gasteiger partial charge in [-0.15, -0.1) is 0 Å². The smallest absolute Gasteiger partial charge is 0.124 e. The lowest BCUT2D eigenvalue weighted by Gasteiger charge is -2.37. The molecule has 2 aliphatic rings. The maximum Gasteiger partial charge on any atom is 0.124 e. The summed E-state index contributed by atoms with van der Waals surface area (Å²) in [7, 11) is 2.14. The number of likely N-dealkylation sites (tertiary alicyclic amines) is 1. The van der Waals surface area contributed by atoms with E-state index in [0.29, 0.717) is 12.0 Å². The van der Waals surface area contributed by atoms with Crippen LogP contribution in [-0.2, 0) is 0 Å². The van der Waals surface area contributed by atoms with Gasteiger partial charge in [-0.05, 0) is 50.5 Å². The Labute approximate surface area is 109 Å². The van der Waals surface area contributed by atoms with E-state index in [9.17, 15) is 0 Å². The largest absolute Gasteiger partial charge is 0.487 e. The maximum absolute atomic E-state index is 6.14. The third kappa shape index (κ3) is 2.52. The molecule has 18 heavy (non-hydrogen) atoms. The first-order valence-electron chi connectivity index (χ1n) is 6.98. The number of rotatable bonds is 3. The van der Waals surface area contributed by atoms with Gasteiger partial charge in [-0.1, -0.05) is 18.2 Å². The summed E-state index contributed by atoms with van der Waals surface area (Å²) < 4.78 is 6.14. The Morgan fingerprint density at radius 1 is 1.17 bits per heavy atom. The van der Waals surface area contributed by atoms with Crippen LogP contribution in [0.2, 0.25) is 0 Å². The molecular weight excluding hydrogens is 224 g/mol. The molecule has 2 saturated heterocycles. The molecule has 0 spiro atoms. The second-order valence-electron chi connectivity index (χ2n) is 5.52. The molecule has 3 nitrogen and oxygen atoms in total.